The number of benzene rings is 1. The molecule has 1 amide bonds. The minimum absolute atomic E-state index is 0.0311. The number of hydrogen-bond donors (Lipinski definition) is 0. The van der Waals surface area contributed by atoms with Crippen LogP contribution in [0.25, 0.3) is 0 Å². The van der Waals surface area contributed by atoms with Crippen LogP contribution in [-0.2, 0) is 22.6 Å². The largest absolute Gasteiger partial charge is 0.465 e. The summed E-state index contributed by atoms with van der Waals surface area (Å²) in [6, 6.07) is 10.3. The molecule has 3 rings (SSSR count). The van der Waals surface area contributed by atoms with Crippen LogP contribution in [0.15, 0.2) is 34.7 Å². The number of aryl methyl sites for hydroxylation is 3. The van der Waals surface area contributed by atoms with Crippen molar-refractivity contribution in [1.29, 1.82) is 0 Å². The molecule has 2 heterocycles. The van der Waals surface area contributed by atoms with Gasteiger partial charge in [0.05, 0.1) is 13.2 Å². The molecule has 0 saturated carbocycles. The van der Waals surface area contributed by atoms with Gasteiger partial charge in [0.2, 0.25) is 0 Å². The molecule has 1 unspecified atom stereocenters. The van der Waals surface area contributed by atoms with Crippen LogP contribution in [0, 0.1) is 26.7 Å². The van der Waals surface area contributed by atoms with Crippen LogP contribution < -0.4 is 0 Å². The molecular weight excluding hydrogens is 472 g/mol. The van der Waals surface area contributed by atoms with Crippen LogP contribution in [0.1, 0.15) is 101 Å². The van der Waals surface area contributed by atoms with Gasteiger partial charge in [-0.05, 0) is 55.5 Å². The molecule has 1 aromatic carbocycles. The minimum atomic E-state index is -0.420. The number of carbonyl (C=O) groups is 1. The number of amides is 1. The first kappa shape index (κ1) is 33.9. The summed E-state index contributed by atoms with van der Waals surface area (Å²) >= 11 is 0. The summed E-state index contributed by atoms with van der Waals surface area (Å²) in [5.41, 5.74) is 3.65. The van der Waals surface area contributed by atoms with E-state index in [9.17, 15) is 4.79 Å². The molecule has 0 aliphatic carbocycles. The number of furan rings is 1. The highest BCUT2D eigenvalue weighted by molar-refractivity contribution is 5.81. The molecule has 38 heavy (non-hydrogen) atoms. The van der Waals surface area contributed by atoms with Gasteiger partial charge >= 0.3 is 0 Å². The Morgan fingerprint density at radius 1 is 0.974 bits per heavy atom. The number of carbonyl (C=O) groups excluding carboxylic acids is 1. The van der Waals surface area contributed by atoms with E-state index in [0.29, 0.717) is 26.2 Å². The van der Waals surface area contributed by atoms with Gasteiger partial charge in [0.25, 0.3) is 5.91 Å². The normalized spacial score (nSPS) is 15.4. The smallest absolute Gasteiger partial charge is 0.253 e. The quantitative estimate of drug-likeness (QED) is 0.292. The number of hydrogen-bond acceptors (Lipinski definition) is 4. The Labute approximate surface area is 233 Å². The monoisotopic (exact) mass is 528 g/mol. The first-order chi connectivity index (χ1) is 18.1. The Balaban J connectivity index is 0.000000504. The zero-order valence-electron chi connectivity index (χ0n) is 25.9. The fourth-order valence-corrected chi connectivity index (χ4v) is 4.14. The summed E-state index contributed by atoms with van der Waals surface area (Å²) in [6.45, 7) is 20.4. The van der Waals surface area contributed by atoms with Crippen molar-refractivity contribution in [3.63, 3.8) is 0 Å². The molecule has 1 saturated heterocycles. The molecule has 1 aliphatic rings. The molecule has 1 aliphatic heterocycles. The molecule has 0 N–H and O–H groups in total. The van der Waals surface area contributed by atoms with Crippen molar-refractivity contribution in [3.05, 3.63) is 58.5 Å². The van der Waals surface area contributed by atoms with Gasteiger partial charge in [0, 0.05) is 26.7 Å². The van der Waals surface area contributed by atoms with Crippen molar-refractivity contribution < 1.29 is 13.9 Å². The summed E-state index contributed by atoms with van der Waals surface area (Å²) in [4.78, 5) is 16.8. The van der Waals surface area contributed by atoms with E-state index >= 15 is 0 Å². The lowest BCUT2D eigenvalue weighted by Gasteiger charge is -2.33. The van der Waals surface area contributed by atoms with Gasteiger partial charge in [-0.25, -0.2) is 0 Å². The topological polar surface area (TPSA) is 45.9 Å². The Morgan fingerprint density at radius 2 is 1.61 bits per heavy atom. The van der Waals surface area contributed by atoms with Crippen molar-refractivity contribution in [2.24, 2.45) is 5.92 Å². The average molecular weight is 529 g/mol. The third kappa shape index (κ3) is 14.2. The fraction of sp³-hybridized carbons (Fsp3) is 0.667. The maximum atomic E-state index is 12.8. The van der Waals surface area contributed by atoms with Gasteiger partial charge in [0.15, 0.2) is 0 Å². The summed E-state index contributed by atoms with van der Waals surface area (Å²) in [5.74, 6) is 2.71. The minimum Gasteiger partial charge on any atom is -0.465 e. The zero-order chi connectivity index (χ0) is 28.5. The lowest BCUT2D eigenvalue weighted by molar-refractivity contribution is -0.149. The van der Waals surface area contributed by atoms with Crippen LogP contribution in [0.2, 0.25) is 0 Å². The average Bonchev–Trinajstić information content (AvgIpc) is 3.28. The van der Waals surface area contributed by atoms with E-state index in [4.69, 9.17) is 9.15 Å². The van der Waals surface area contributed by atoms with Gasteiger partial charge in [-0.2, -0.15) is 0 Å². The number of nitrogens with zero attached hydrogens (tertiary/aromatic N) is 2. The highest BCUT2D eigenvalue weighted by Gasteiger charge is 2.29. The van der Waals surface area contributed by atoms with E-state index < -0.39 is 6.10 Å². The molecule has 216 valence electrons. The van der Waals surface area contributed by atoms with Crippen molar-refractivity contribution in [1.82, 2.24) is 9.80 Å². The number of rotatable bonds is 10. The van der Waals surface area contributed by atoms with Crippen molar-refractivity contribution in [2.75, 3.05) is 26.7 Å². The highest BCUT2D eigenvalue weighted by atomic mass is 16.5. The number of unbranched alkanes of at least 4 members (excludes halogenated alkanes) is 5. The molecule has 5 nitrogen and oxygen atoms in total. The Hall–Kier alpha value is -2.11. The molecule has 1 aromatic heterocycles. The lowest BCUT2D eigenvalue weighted by Crippen LogP contribution is -2.49. The Bertz CT molecular complexity index is 897. The molecule has 2 aromatic rings. The van der Waals surface area contributed by atoms with E-state index in [0.717, 1.165) is 29.5 Å². The van der Waals surface area contributed by atoms with Crippen LogP contribution in [0.4, 0.5) is 0 Å². The second kappa shape index (κ2) is 19.0. The first-order valence-electron chi connectivity index (χ1n) is 14.8. The zero-order valence-corrected chi connectivity index (χ0v) is 25.9. The van der Waals surface area contributed by atoms with Gasteiger partial charge < -0.3 is 14.1 Å². The van der Waals surface area contributed by atoms with Crippen LogP contribution in [0.3, 0.4) is 0 Å². The van der Waals surface area contributed by atoms with Crippen LogP contribution in [0.5, 0.6) is 0 Å². The third-order valence-corrected chi connectivity index (χ3v) is 6.43. The van der Waals surface area contributed by atoms with E-state index in [1.54, 1.807) is 4.90 Å². The lowest BCUT2D eigenvalue weighted by atomic mass is 10.1. The summed E-state index contributed by atoms with van der Waals surface area (Å²) in [5, 5.41) is 0. The summed E-state index contributed by atoms with van der Waals surface area (Å²) in [7, 11) is 1.84. The number of ether oxygens (including phenoxy) is 1. The Morgan fingerprint density at radius 3 is 2.13 bits per heavy atom. The molecule has 5 heteroatoms. The molecule has 0 bridgehead atoms. The molecule has 1 atom stereocenters. The number of morpholine rings is 1. The van der Waals surface area contributed by atoms with Crippen molar-refractivity contribution >= 4 is 5.91 Å². The van der Waals surface area contributed by atoms with Gasteiger partial charge in [-0.15, -0.1) is 0 Å². The van der Waals surface area contributed by atoms with Crippen LogP contribution >= 0.6 is 0 Å². The predicted octanol–water partition coefficient (Wildman–Crippen LogP) is 8.09. The van der Waals surface area contributed by atoms with E-state index in [1.807, 2.05) is 26.1 Å². The first-order valence-corrected chi connectivity index (χ1v) is 14.8. The SMILES string of the molecule is CC(C)C.CCCCCCCC.Cc1ccc(CN2CCOC(C(=O)N(C)Cc3ccc(C)c(C)c3)C2)o1. The van der Waals surface area contributed by atoms with Gasteiger partial charge in [-0.3, -0.25) is 9.69 Å². The molecular formula is C33H56N2O3. The van der Waals surface area contributed by atoms with Crippen LogP contribution in [-0.4, -0.2) is 48.6 Å². The fourth-order valence-electron chi connectivity index (χ4n) is 4.14. The molecule has 1 fully saturated rings. The van der Waals surface area contributed by atoms with E-state index in [2.05, 4.69) is 71.6 Å². The number of likely N-dealkylation sites (N-methyl/N-ethyl adjacent to an activating group) is 1. The van der Waals surface area contributed by atoms with Gasteiger partial charge in [0.1, 0.15) is 17.6 Å². The standard InChI is InChI=1S/C21H28N2O3.C8H18.C4H10/c1-15-5-7-18(11-16(15)2)12-22(4)21(24)20-14-23(9-10-25-20)13-19-8-6-17(3)26-19;1-3-5-7-8-6-4-2;1-4(2)3/h5-8,11,20H,9-10,12-14H2,1-4H3;3-8H2,1-2H3;4H,1-3H3. The molecule has 0 spiro atoms. The van der Waals surface area contributed by atoms with E-state index in [1.165, 1.54) is 49.7 Å². The summed E-state index contributed by atoms with van der Waals surface area (Å²) < 4.78 is 11.4. The Kier molecular flexibility index (Phi) is 17.0. The second-order valence-corrected chi connectivity index (χ2v) is 11.4. The second-order valence-electron chi connectivity index (χ2n) is 11.4. The van der Waals surface area contributed by atoms with Crippen molar-refractivity contribution in [2.45, 2.75) is 113 Å². The predicted molar refractivity (Wildman–Crippen MR) is 160 cm³/mol. The van der Waals surface area contributed by atoms with Gasteiger partial charge in [-0.1, -0.05) is 91.3 Å². The maximum absolute atomic E-state index is 12.8. The third-order valence-electron chi connectivity index (χ3n) is 6.43. The highest BCUT2D eigenvalue weighted by Crippen LogP contribution is 2.16. The van der Waals surface area contributed by atoms with E-state index in [-0.39, 0.29) is 5.91 Å². The molecule has 0 radical (unpaired) electrons. The van der Waals surface area contributed by atoms with Crippen molar-refractivity contribution in [3.8, 4) is 0 Å². The summed E-state index contributed by atoms with van der Waals surface area (Å²) in [6.07, 6.45) is 8.07. The maximum Gasteiger partial charge on any atom is 0.253 e.